The highest BCUT2D eigenvalue weighted by Crippen LogP contribution is 2.29. The molecule has 0 saturated carbocycles. The molecule has 0 radical (unpaired) electrons. The number of hydrogen-bond acceptors (Lipinski definition) is 3. The van der Waals surface area contributed by atoms with Crippen molar-refractivity contribution >= 4 is 29.0 Å². The van der Waals surface area contributed by atoms with E-state index in [2.05, 4.69) is 5.10 Å². The lowest BCUT2D eigenvalue weighted by Gasteiger charge is -2.00. The molecule has 0 saturated heterocycles. The fourth-order valence-electron chi connectivity index (χ4n) is 1.34. The molecule has 0 atom stereocenters. The number of amidine groups is 1. The van der Waals surface area contributed by atoms with Crippen molar-refractivity contribution in [3.05, 3.63) is 46.1 Å². The lowest BCUT2D eigenvalue weighted by Crippen LogP contribution is -2.14. The third-order valence-electron chi connectivity index (χ3n) is 2.20. The summed E-state index contributed by atoms with van der Waals surface area (Å²) in [6, 6.07) is 8.65. The highest BCUT2D eigenvalue weighted by molar-refractivity contribution is 6.42. The first kappa shape index (κ1) is 11.8. The Morgan fingerprint density at radius 1 is 1.12 bits per heavy atom. The van der Waals surface area contributed by atoms with E-state index in [0.29, 0.717) is 21.6 Å². The number of rotatable bonds is 2. The van der Waals surface area contributed by atoms with Gasteiger partial charge in [0.25, 0.3) is 0 Å². The molecule has 0 aliphatic heterocycles. The molecule has 0 aliphatic rings. The van der Waals surface area contributed by atoms with Crippen LogP contribution in [0.4, 0.5) is 0 Å². The molecule has 6 heteroatoms. The zero-order chi connectivity index (χ0) is 12.4. The van der Waals surface area contributed by atoms with Crippen LogP contribution in [-0.2, 0) is 0 Å². The van der Waals surface area contributed by atoms with Crippen LogP contribution in [0.5, 0.6) is 0 Å². The molecule has 1 aromatic heterocycles. The molecule has 0 fully saturated rings. The Kier molecular flexibility index (Phi) is 3.26. The minimum atomic E-state index is 0.135. The molecule has 4 N–H and O–H groups in total. The van der Waals surface area contributed by atoms with Crippen LogP contribution in [-0.4, -0.2) is 5.84 Å². The van der Waals surface area contributed by atoms with E-state index < -0.39 is 0 Å². The number of halogens is 2. The predicted molar refractivity (Wildman–Crippen MR) is 69.1 cm³/mol. The first-order valence-corrected chi connectivity index (χ1v) is 5.46. The second-order valence-electron chi connectivity index (χ2n) is 3.31. The van der Waals surface area contributed by atoms with Gasteiger partial charge in [-0.25, -0.2) is 0 Å². The Morgan fingerprint density at radius 2 is 1.88 bits per heavy atom. The van der Waals surface area contributed by atoms with Crippen molar-refractivity contribution in [3.8, 4) is 11.3 Å². The van der Waals surface area contributed by atoms with Gasteiger partial charge in [-0.2, -0.15) is 5.10 Å². The van der Waals surface area contributed by atoms with E-state index in [9.17, 15) is 0 Å². The average molecular weight is 270 g/mol. The van der Waals surface area contributed by atoms with E-state index in [1.807, 2.05) is 0 Å². The van der Waals surface area contributed by atoms with Crippen molar-refractivity contribution < 1.29 is 4.42 Å². The van der Waals surface area contributed by atoms with Gasteiger partial charge in [0, 0.05) is 5.56 Å². The van der Waals surface area contributed by atoms with Crippen LogP contribution in [0.1, 0.15) is 5.76 Å². The van der Waals surface area contributed by atoms with Gasteiger partial charge in [0.05, 0.1) is 10.0 Å². The van der Waals surface area contributed by atoms with E-state index in [4.69, 9.17) is 39.2 Å². The lowest BCUT2D eigenvalue weighted by molar-refractivity contribution is 0.571. The Balaban J connectivity index is 2.40. The quantitative estimate of drug-likeness (QED) is 0.381. The summed E-state index contributed by atoms with van der Waals surface area (Å²) in [5.74, 6) is 6.22. The number of hydrazone groups is 1. The highest BCUT2D eigenvalue weighted by Gasteiger charge is 2.09. The van der Waals surface area contributed by atoms with Crippen LogP contribution in [0, 0.1) is 0 Å². The first-order chi connectivity index (χ1) is 8.11. The lowest BCUT2D eigenvalue weighted by atomic mass is 10.2. The molecule has 0 bridgehead atoms. The third kappa shape index (κ3) is 2.38. The Morgan fingerprint density at radius 3 is 2.53 bits per heavy atom. The maximum atomic E-state index is 5.92. The van der Waals surface area contributed by atoms with Crippen molar-refractivity contribution in [2.75, 3.05) is 0 Å². The minimum Gasteiger partial charge on any atom is -0.453 e. The SMILES string of the molecule is N/N=C(\N)c1ccc(-c2ccc(Cl)c(Cl)c2)o1. The number of nitrogens with two attached hydrogens (primary N) is 2. The van der Waals surface area contributed by atoms with Crippen molar-refractivity contribution in [1.29, 1.82) is 0 Å². The maximum Gasteiger partial charge on any atom is 0.186 e. The van der Waals surface area contributed by atoms with Gasteiger partial charge in [0.15, 0.2) is 11.6 Å². The highest BCUT2D eigenvalue weighted by atomic mass is 35.5. The minimum absolute atomic E-state index is 0.135. The summed E-state index contributed by atoms with van der Waals surface area (Å²) >= 11 is 11.7. The molecule has 1 heterocycles. The van der Waals surface area contributed by atoms with Crippen molar-refractivity contribution in [3.63, 3.8) is 0 Å². The molecule has 0 unspecified atom stereocenters. The Hall–Kier alpha value is -1.65. The van der Waals surface area contributed by atoms with Crippen LogP contribution in [0.15, 0.2) is 39.9 Å². The largest absolute Gasteiger partial charge is 0.453 e. The van der Waals surface area contributed by atoms with Gasteiger partial charge in [-0.1, -0.05) is 23.2 Å². The molecule has 0 aliphatic carbocycles. The molecule has 1 aromatic carbocycles. The van der Waals surface area contributed by atoms with Crippen LogP contribution < -0.4 is 11.6 Å². The maximum absolute atomic E-state index is 5.92. The number of benzene rings is 1. The Labute approximate surface area is 108 Å². The zero-order valence-electron chi connectivity index (χ0n) is 8.65. The normalized spacial score (nSPS) is 11.8. The fourth-order valence-corrected chi connectivity index (χ4v) is 1.64. The fraction of sp³-hybridized carbons (Fsp3) is 0. The van der Waals surface area contributed by atoms with Gasteiger partial charge in [-0.15, -0.1) is 0 Å². The van der Waals surface area contributed by atoms with E-state index in [-0.39, 0.29) is 5.84 Å². The summed E-state index contributed by atoms with van der Waals surface area (Å²) in [6.07, 6.45) is 0. The second-order valence-corrected chi connectivity index (χ2v) is 4.12. The van der Waals surface area contributed by atoms with E-state index in [1.165, 1.54) is 0 Å². The molecule has 88 valence electrons. The second kappa shape index (κ2) is 4.69. The van der Waals surface area contributed by atoms with E-state index in [1.54, 1.807) is 30.3 Å². The Bertz CT molecular complexity index is 578. The molecule has 2 rings (SSSR count). The van der Waals surface area contributed by atoms with E-state index >= 15 is 0 Å². The van der Waals surface area contributed by atoms with Gasteiger partial charge in [-0.3, -0.25) is 0 Å². The summed E-state index contributed by atoms with van der Waals surface area (Å²) in [6.45, 7) is 0. The molecular formula is C11H9Cl2N3O. The number of furan rings is 1. The van der Waals surface area contributed by atoms with Crippen LogP contribution in [0.2, 0.25) is 10.0 Å². The molecule has 4 nitrogen and oxygen atoms in total. The smallest absolute Gasteiger partial charge is 0.186 e. The summed E-state index contributed by atoms with van der Waals surface area (Å²) in [4.78, 5) is 0. The van der Waals surface area contributed by atoms with Crippen molar-refractivity contribution in [2.45, 2.75) is 0 Å². The number of nitrogens with zero attached hydrogens (tertiary/aromatic N) is 1. The molecule has 0 amide bonds. The summed E-state index contributed by atoms with van der Waals surface area (Å²) in [7, 11) is 0. The zero-order valence-corrected chi connectivity index (χ0v) is 10.2. The van der Waals surface area contributed by atoms with Crippen LogP contribution >= 0.6 is 23.2 Å². The first-order valence-electron chi connectivity index (χ1n) is 4.71. The van der Waals surface area contributed by atoms with Gasteiger partial charge in [0.2, 0.25) is 0 Å². The monoisotopic (exact) mass is 269 g/mol. The van der Waals surface area contributed by atoms with Gasteiger partial charge < -0.3 is 16.0 Å². The molecular weight excluding hydrogens is 261 g/mol. The van der Waals surface area contributed by atoms with Crippen molar-refractivity contribution in [2.24, 2.45) is 16.7 Å². The van der Waals surface area contributed by atoms with Crippen molar-refractivity contribution in [1.82, 2.24) is 0 Å². The predicted octanol–water partition coefficient (Wildman–Crippen LogP) is 2.83. The van der Waals surface area contributed by atoms with Gasteiger partial charge in [-0.05, 0) is 30.3 Å². The van der Waals surface area contributed by atoms with Gasteiger partial charge >= 0.3 is 0 Å². The molecule has 0 spiro atoms. The average Bonchev–Trinajstić information content (AvgIpc) is 2.81. The molecule has 17 heavy (non-hydrogen) atoms. The number of hydrogen-bond donors (Lipinski definition) is 2. The summed E-state index contributed by atoms with van der Waals surface area (Å²) in [5.41, 5.74) is 6.33. The standard InChI is InChI=1S/C11H9Cl2N3O/c12-7-2-1-6(5-8(7)13)9-3-4-10(17-9)11(14)16-15/h1-5H,15H2,(H2,14,16). The molecule has 2 aromatic rings. The summed E-state index contributed by atoms with van der Waals surface area (Å²) in [5, 5.41) is 4.30. The summed E-state index contributed by atoms with van der Waals surface area (Å²) < 4.78 is 5.48. The van der Waals surface area contributed by atoms with Gasteiger partial charge in [0.1, 0.15) is 5.76 Å². The van der Waals surface area contributed by atoms with Crippen LogP contribution in [0.25, 0.3) is 11.3 Å². The third-order valence-corrected chi connectivity index (χ3v) is 2.94. The van der Waals surface area contributed by atoms with E-state index in [0.717, 1.165) is 5.56 Å². The topological polar surface area (TPSA) is 77.5 Å². The van der Waals surface area contributed by atoms with Crippen LogP contribution in [0.3, 0.4) is 0 Å².